The maximum Gasteiger partial charge on any atom is 0.0682 e. The van der Waals surface area contributed by atoms with Crippen LogP contribution in [0.15, 0.2) is 18.2 Å². The molecule has 1 aromatic rings. The molecule has 2 N–H and O–H groups in total. The van der Waals surface area contributed by atoms with Gasteiger partial charge in [-0.2, -0.15) is 0 Å². The van der Waals surface area contributed by atoms with E-state index in [9.17, 15) is 5.11 Å². The molecule has 4 heteroatoms. The molecular weight excluding hydrogens is 250 g/mol. The molecule has 0 saturated carbocycles. The third-order valence-corrected chi connectivity index (χ3v) is 3.90. The second-order valence-corrected chi connectivity index (χ2v) is 5.69. The van der Waals surface area contributed by atoms with Crippen molar-refractivity contribution < 1.29 is 10.2 Å². The highest BCUT2D eigenvalue weighted by atomic mass is 35.5. The highest BCUT2D eigenvalue weighted by Crippen LogP contribution is 2.31. The number of halogens is 1. The van der Waals surface area contributed by atoms with Crippen LogP contribution in [0.25, 0.3) is 0 Å². The summed E-state index contributed by atoms with van der Waals surface area (Å²) in [6, 6.07) is 5.65. The number of hydrogen-bond acceptors (Lipinski definition) is 3. The summed E-state index contributed by atoms with van der Waals surface area (Å²) in [6.07, 6.45) is 2.55. The Kier molecular flexibility index (Phi) is 4.15. The van der Waals surface area contributed by atoms with Gasteiger partial charge < -0.3 is 15.1 Å². The van der Waals surface area contributed by atoms with Gasteiger partial charge in [0.15, 0.2) is 0 Å². The SMILES string of the molecule is CC1(O)CCCN(c2ccc(CO)cc2Cl)CC1. The molecule has 0 aliphatic carbocycles. The first-order valence-electron chi connectivity index (χ1n) is 6.38. The lowest BCUT2D eigenvalue weighted by Crippen LogP contribution is -2.28. The average Bonchev–Trinajstić information content (AvgIpc) is 2.50. The fourth-order valence-corrected chi connectivity index (χ4v) is 2.73. The molecule has 2 rings (SSSR count). The Hall–Kier alpha value is -0.770. The Balaban J connectivity index is 2.16. The van der Waals surface area contributed by atoms with Gasteiger partial charge in [-0.25, -0.2) is 0 Å². The van der Waals surface area contributed by atoms with Crippen molar-refractivity contribution in [2.75, 3.05) is 18.0 Å². The first-order valence-corrected chi connectivity index (χ1v) is 6.76. The van der Waals surface area contributed by atoms with Crippen LogP contribution in [0.3, 0.4) is 0 Å². The molecule has 0 bridgehead atoms. The van der Waals surface area contributed by atoms with Crippen LogP contribution in [0.2, 0.25) is 5.02 Å². The first kappa shape index (κ1) is 13.7. The molecule has 1 unspecified atom stereocenters. The molecule has 1 aliphatic rings. The van der Waals surface area contributed by atoms with E-state index in [1.54, 1.807) is 6.07 Å². The molecule has 1 saturated heterocycles. The first-order chi connectivity index (χ1) is 8.52. The second-order valence-electron chi connectivity index (χ2n) is 5.28. The van der Waals surface area contributed by atoms with E-state index in [0.29, 0.717) is 5.02 Å². The molecule has 1 heterocycles. The zero-order valence-corrected chi connectivity index (χ0v) is 11.5. The molecule has 18 heavy (non-hydrogen) atoms. The van der Waals surface area contributed by atoms with Gasteiger partial charge in [-0.15, -0.1) is 0 Å². The third kappa shape index (κ3) is 3.16. The van der Waals surface area contributed by atoms with E-state index < -0.39 is 5.60 Å². The van der Waals surface area contributed by atoms with Gasteiger partial charge in [0.1, 0.15) is 0 Å². The lowest BCUT2D eigenvalue weighted by Gasteiger charge is -2.25. The Morgan fingerprint density at radius 3 is 2.78 bits per heavy atom. The van der Waals surface area contributed by atoms with Crippen molar-refractivity contribution in [2.45, 2.75) is 38.4 Å². The van der Waals surface area contributed by atoms with E-state index in [-0.39, 0.29) is 6.61 Å². The normalized spacial score (nSPS) is 25.0. The Morgan fingerprint density at radius 1 is 1.33 bits per heavy atom. The predicted molar refractivity (Wildman–Crippen MR) is 74.1 cm³/mol. The minimum absolute atomic E-state index is 0.00864. The molecule has 0 radical (unpaired) electrons. The molecule has 3 nitrogen and oxygen atoms in total. The fourth-order valence-electron chi connectivity index (χ4n) is 2.41. The van der Waals surface area contributed by atoms with E-state index in [0.717, 1.165) is 43.6 Å². The summed E-state index contributed by atoms with van der Waals surface area (Å²) in [7, 11) is 0. The van der Waals surface area contributed by atoms with Gasteiger partial charge in [-0.1, -0.05) is 17.7 Å². The van der Waals surface area contributed by atoms with Crippen molar-refractivity contribution in [2.24, 2.45) is 0 Å². The standard InChI is InChI=1S/C14H20ClNO2/c1-14(18)5-2-7-16(8-6-14)13-4-3-11(10-17)9-12(13)15/h3-4,9,17-18H,2,5-8,10H2,1H3. The Morgan fingerprint density at radius 2 is 2.11 bits per heavy atom. The summed E-state index contributed by atoms with van der Waals surface area (Å²) in [5, 5.41) is 19.8. The molecular formula is C14H20ClNO2. The largest absolute Gasteiger partial charge is 0.392 e. The molecule has 0 amide bonds. The minimum Gasteiger partial charge on any atom is -0.392 e. The van der Waals surface area contributed by atoms with Crippen LogP contribution >= 0.6 is 11.6 Å². The lowest BCUT2D eigenvalue weighted by molar-refractivity contribution is 0.0481. The van der Waals surface area contributed by atoms with Crippen LogP contribution in [0.1, 0.15) is 31.7 Å². The molecule has 1 fully saturated rings. The van der Waals surface area contributed by atoms with E-state index in [1.807, 2.05) is 19.1 Å². The quantitative estimate of drug-likeness (QED) is 0.867. The van der Waals surface area contributed by atoms with Crippen LogP contribution in [0.5, 0.6) is 0 Å². The third-order valence-electron chi connectivity index (χ3n) is 3.60. The lowest BCUT2D eigenvalue weighted by atomic mass is 9.98. The smallest absolute Gasteiger partial charge is 0.0682 e. The average molecular weight is 270 g/mol. The molecule has 1 aliphatic heterocycles. The number of anilines is 1. The van der Waals surface area contributed by atoms with Crippen molar-refractivity contribution >= 4 is 17.3 Å². The van der Waals surface area contributed by atoms with Crippen molar-refractivity contribution in [3.63, 3.8) is 0 Å². The number of aliphatic hydroxyl groups excluding tert-OH is 1. The molecule has 0 aromatic heterocycles. The topological polar surface area (TPSA) is 43.7 Å². The van der Waals surface area contributed by atoms with E-state index in [4.69, 9.17) is 16.7 Å². The van der Waals surface area contributed by atoms with Gasteiger partial charge in [0.25, 0.3) is 0 Å². The van der Waals surface area contributed by atoms with Crippen LogP contribution < -0.4 is 4.90 Å². The molecule has 1 atom stereocenters. The summed E-state index contributed by atoms with van der Waals surface area (Å²) >= 11 is 6.25. The summed E-state index contributed by atoms with van der Waals surface area (Å²) in [4.78, 5) is 2.21. The van der Waals surface area contributed by atoms with Crippen LogP contribution in [0.4, 0.5) is 5.69 Å². The molecule has 0 spiro atoms. The van der Waals surface area contributed by atoms with Gasteiger partial charge in [-0.05, 0) is 43.9 Å². The number of nitrogens with zero attached hydrogens (tertiary/aromatic N) is 1. The van der Waals surface area contributed by atoms with Gasteiger partial charge in [0.2, 0.25) is 0 Å². The van der Waals surface area contributed by atoms with Crippen LogP contribution in [0, 0.1) is 0 Å². The minimum atomic E-state index is -0.563. The van der Waals surface area contributed by atoms with Crippen molar-refractivity contribution in [3.8, 4) is 0 Å². The van der Waals surface area contributed by atoms with Crippen molar-refractivity contribution in [3.05, 3.63) is 28.8 Å². The maximum absolute atomic E-state index is 10.1. The van der Waals surface area contributed by atoms with Crippen LogP contribution in [-0.2, 0) is 6.61 Å². The van der Waals surface area contributed by atoms with Crippen molar-refractivity contribution in [1.82, 2.24) is 0 Å². The summed E-state index contributed by atoms with van der Waals surface area (Å²) in [5.74, 6) is 0. The maximum atomic E-state index is 10.1. The van der Waals surface area contributed by atoms with E-state index in [1.165, 1.54) is 0 Å². The van der Waals surface area contributed by atoms with Crippen molar-refractivity contribution in [1.29, 1.82) is 0 Å². The number of aliphatic hydroxyl groups is 2. The molecule has 1 aromatic carbocycles. The monoisotopic (exact) mass is 269 g/mol. The zero-order chi connectivity index (χ0) is 13.2. The summed E-state index contributed by atoms with van der Waals surface area (Å²) in [5.41, 5.74) is 1.25. The van der Waals surface area contributed by atoms with Gasteiger partial charge >= 0.3 is 0 Å². The zero-order valence-electron chi connectivity index (χ0n) is 10.7. The Labute approximate surface area is 113 Å². The van der Waals surface area contributed by atoms with E-state index >= 15 is 0 Å². The van der Waals surface area contributed by atoms with Crippen LogP contribution in [-0.4, -0.2) is 28.9 Å². The Bertz CT molecular complexity index is 420. The molecule has 100 valence electrons. The van der Waals surface area contributed by atoms with Gasteiger partial charge in [0.05, 0.1) is 22.9 Å². The van der Waals surface area contributed by atoms with E-state index in [2.05, 4.69) is 4.90 Å². The highest BCUT2D eigenvalue weighted by Gasteiger charge is 2.25. The predicted octanol–water partition coefficient (Wildman–Crippen LogP) is 2.57. The number of benzene rings is 1. The van der Waals surface area contributed by atoms with Gasteiger partial charge in [-0.3, -0.25) is 0 Å². The summed E-state index contributed by atoms with van der Waals surface area (Å²) in [6.45, 7) is 3.63. The van der Waals surface area contributed by atoms with Gasteiger partial charge in [0, 0.05) is 13.1 Å². The fraction of sp³-hybridized carbons (Fsp3) is 0.571. The number of hydrogen-bond donors (Lipinski definition) is 2. The number of rotatable bonds is 2. The summed E-state index contributed by atoms with van der Waals surface area (Å²) < 4.78 is 0. The second kappa shape index (κ2) is 5.47. The highest BCUT2D eigenvalue weighted by molar-refractivity contribution is 6.33.